The molecular formula is C26H27N3O2S. The molecule has 0 radical (unpaired) electrons. The van der Waals surface area contributed by atoms with Crippen LogP contribution in [0.2, 0.25) is 0 Å². The fourth-order valence-electron chi connectivity index (χ4n) is 4.22. The summed E-state index contributed by atoms with van der Waals surface area (Å²) in [4.78, 5) is 35.6. The maximum atomic E-state index is 13.4. The molecule has 2 aromatic heterocycles. The van der Waals surface area contributed by atoms with Crippen molar-refractivity contribution in [2.45, 2.75) is 13.3 Å². The van der Waals surface area contributed by atoms with E-state index < -0.39 is 0 Å². The molecule has 164 valence electrons. The Morgan fingerprint density at radius 1 is 1.25 bits per heavy atom. The summed E-state index contributed by atoms with van der Waals surface area (Å²) >= 11 is 1.57. The van der Waals surface area contributed by atoms with Gasteiger partial charge < -0.3 is 9.80 Å². The number of nitrogens with zero attached hydrogens (tertiary/aromatic N) is 3. The Morgan fingerprint density at radius 2 is 2.09 bits per heavy atom. The molecule has 0 saturated carbocycles. The van der Waals surface area contributed by atoms with Crippen molar-refractivity contribution in [3.05, 3.63) is 88.9 Å². The Kier molecular flexibility index (Phi) is 6.81. The Bertz CT molecular complexity index is 1110. The lowest BCUT2D eigenvalue weighted by atomic mass is 9.91. The van der Waals surface area contributed by atoms with Gasteiger partial charge in [-0.1, -0.05) is 36.4 Å². The standard InChI is InChI=1S/C26H27N3O2S/c1-3-11-28-12-13-29(26(31)23-14-19(2)32-18-23)17-22(25(28)30)15-20-7-4-5-9-24(20)21-8-6-10-27-16-21/h3-10,14,16,18,22H,1,11-13,15,17H2,2H3. The number of hydrogen-bond donors (Lipinski definition) is 0. The van der Waals surface area contributed by atoms with Crippen molar-refractivity contribution in [1.29, 1.82) is 0 Å². The zero-order valence-corrected chi connectivity index (χ0v) is 19.1. The van der Waals surface area contributed by atoms with Crippen molar-refractivity contribution < 1.29 is 9.59 Å². The molecule has 0 N–H and O–H groups in total. The molecule has 6 heteroatoms. The van der Waals surface area contributed by atoms with Crippen molar-refractivity contribution in [1.82, 2.24) is 14.8 Å². The van der Waals surface area contributed by atoms with Gasteiger partial charge in [0.05, 0.1) is 11.5 Å². The van der Waals surface area contributed by atoms with Crippen molar-refractivity contribution in [3.8, 4) is 11.1 Å². The first-order valence-corrected chi connectivity index (χ1v) is 11.7. The fraction of sp³-hybridized carbons (Fsp3) is 0.269. The van der Waals surface area contributed by atoms with E-state index in [4.69, 9.17) is 0 Å². The topological polar surface area (TPSA) is 53.5 Å². The number of aryl methyl sites for hydroxylation is 1. The van der Waals surface area contributed by atoms with Gasteiger partial charge in [0.25, 0.3) is 5.91 Å². The molecular weight excluding hydrogens is 418 g/mol. The predicted octanol–water partition coefficient (Wildman–Crippen LogP) is 4.45. The van der Waals surface area contributed by atoms with Crippen LogP contribution in [0.5, 0.6) is 0 Å². The Hall–Kier alpha value is -3.25. The summed E-state index contributed by atoms with van der Waals surface area (Å²) in [5, 5.41) is 1.90. The quantitative estimate of drug-likeness (QED) is 0.527. The first-order chi connectivity index (χ1) is 15.6. The summed E-state index contributed by atoms with van der Waals surface area (Å²) in [5.41, 5.74) is 3.87. The molecule has 5 nitrogen and oxygen atoms in total. The smallest absolute Gasteiger partial charge is 0.254 e. The van der Waals surface area contributed by atoms with Crippen LogP contribution in [-0.2, 0) is 11.2 Å². The van der Waals surface area contributed by atoms with Crippen LogP contribution in [0.25, 0.3) is 11.1 Å². The highest BCUT2D eigenvalue weighted by atomic mass is 32.1. The minimum Gasteiger partial charge on any atom is -0.337 e. The van der Waals surface area contributed by atoms with E-state index in [0.29, 0.717) is 38.2 Å². The number of pyridine rings is 1. The molecule has 0 bridgehead atoms. The highest BCUT2D eigenvalue weighted by Crippen LogP contribution is 2.27. The normalized spacial score (nSPS) is 16.7. The average Bonchev–Trinajstić information content (AvgIpc) is 3.20. The Balaban J connectivity index is 1.64. The van der Waals surface area contributed by atoms with Gasteiger partial charge in [0, 0.05) is 54.4 Å². The fourth-order valence-corrected chi connectivity index (χ4v) is 4.90. The molecule has 3 heterocycles. The molecule has 1 fully saturated rings. The van der Waals surface area contributed by atoms with Crippen molar-refractivity contribution in [2.75, 3.05) is 26.2 Å². The maximum Gasteiger partial charge on any atom is 0.254 e. The van der Waals surface area contributed by atoms with Crippen LogP contribution in [0.4, 0.5) is 0 Å². The molecule has 1 aromatic carbocycles. The first kappa shape index (κ1) is 22.0. The summed E-state index contributed by atoms with van der Waals surface area (Å²) in [6.45, 7) is 7.73. The zero-order chi connectivity index (χ0) is 22.5. The van der Waals surface area contributed by atoms with Gasteiger partial charge in [0.1, 0.15) is 0 Å². The van der Waals surface area contributed by atoms with E-state index >= 15 is 0 Å². The van der Waals surface area contributed by atoms with Gasteiger partial charge in [-0.15, -0.1) is 17.9 Å². The number of carbonyl (C=O) groups excluding carboxylic acids is 2. The van der Waals surface area contributed by atoms with E-state index in [2.05, 4.69) is 23.7 Å². The van der Waals surface area contributed by atoms with E-state index in [9.17, 15) is 9.59 Å². The van der Waals surface area contributed by atoms with Gasteiger partial charge in [0.15, 0.2) is 0 Å². The molecule has 2 amide bonds. The number of thiophene rings is 1. The number of benzene rings is 1. The van der Waals surface area contributed by atoms with E-state index in [0.717, 1.165) is 21.6 Å². The van der Waals surface area contributed by atoms with Gasteiger partial charge in [-0.25, -0.2) is 0 Å². The van der Waals surface area contributed by atoms with E-state index in [1.807, 2.05) is 58.6 Å². The SMILES string of the molecule is C=CCN1CCN(C(=O)c2csc(C)c2)CC(Cc2ccccc2-c2cccnc2)C1=O. The van der Waals surface area contributed by atoms with E-state index in [1.54, 1.807) is 23.6 Å². The third-order valence-electron chi connectivity index (χ3n) is 5.81. The lowest BCUT2D eigenvalue weighted by molar-refractivity contribution is -0.134. The summed E-state index contributed by atoms with van der Waals surface area (Å²) < 4.78 is 0. The number of amides is 2. The zero-order valence-electron chi connectivity index (χ0n) is 18.2. The van der Waals surface area contributed by atoms with Crippen LogP contribution in [-0.4, -0.2) is 52.8 Å². The van der Waals surface area contributed by atoms with E-state index in [-0.39, 0.29) is 17.7 Å². The molecule has 1 unspecified atom stereocenters. The molecule has 1 atom stereocenters. The van der Waals surface area contributed by atoms with Crippen LogP contribution in [0.1, 0.15) is 20.8 Å². The Labute approximate surface area is 193 Å². The minimum atomic E-state index is -0.320. The highest BCUT2D eigenvalue weighted by Gasteiger charge is 2.33. The molecule has 1 saturated heterocycles. The highest BCUT2D eigenvalue weighted by molar-refractivity contribution is 7.10. The molecule has 0 aliphatic carbocycles. The summed E-state index contributed by atoms with van der Waals surface area (Å²) in [7, 11) is 0. The lowest BCUT2D eigenvalue weighted by Gasteiger charge is -2.24. The second-order valence-electron chi connectivity index (χ2n) is 8.07. The monoisotopic (exact) mass is 445 g/mol. The lowest BCUT2D eigenvalue weighted by Crippen LogP contribution is -2.38. The summed E-state index contributed by atoms with van der Waals surface area (Å²) in [5.74, 6) is -0.255. The first-order valence-electron chi connectivity index (χ1n) is 10.8. The molecule has 1 aliphatic rings. The van der Waals surface area contributed by atoms with Gasteiger partial charge in [-0.05, 0) is 36.6 Å². The second kappa shape index (κ2) is 9.92. The number of hydrogen-bond acceptors (Lipinski definition) is 4. The average molecular weight is 446 g/mol. The van der Waals surface area contributed by atoms with Crippen LogP contribution >= 0.6 is 11.3 Å². The van der Waals surface area contributed by atoms with Crippen molar-refractivity contribution in [2.24, 2.45) is 5.92 Å². The van der Waals surface area contributed by atoms with Gasteiger partial charge >= 0.3 is 0 Å². The van der Waals surface area contributed by atoms with Crippen LogP contribution in [0, 0.1) is 12.8 Å². The largest absolute Gasteiger partial charge is 0.337 e. The van der Waals surface area contributed by atoms with E-state index in [1.165, 1.54) is 0 Å². The molecule has 3 aromatic rings. The van der Waals surface area contributed by atoms with Crippen molar-refractivity contribution >= 4 is 23.2 Å². The second-order valence-corrected chi connectivity index (χ2v) is 9.19. The number of carbonyl (C=O) groups is 2. The number of rotatable bonds is 6. The van der Waals surface area contributed by atoms with Crippen LogP contribution < -0.4 is 0 Å². The third-order valence-corrected chi connectivity index (χ3v) is 6.67. The van der Waals surface area contributed by atoms with Gasteiger partial charge in [0.2, 0.25) is 5.91 Å². The Morgan fingerprint density at radius 3 is 2.81 bits per heavy atom. The van der Waals surface area contributed by atoms with Crippen molar-refractivity contribution in [3.63, 3.8) is 0 Å². The van der Waals surface area contributed by atoms with Gasteiger partial charge in [-0.3, -0.25) is 14.6 Å². The minimum absolute atomic E-state index is 0.00634. The summed E-state index contributed by atoms with van der Waals surface area (Å²) in [6, 6.07) is 14.0. The maximum absolute atomic E-state index is 13.4. The molecule has 0 spiro atoms. The molecule has 4 rings (SSSR count). The number of aromatic nitrogens is 1. The van der Waals surface area contributed by atoms with Crippen LogP contribution in [0.3, 0.4) is 0 Å². The van der Waals surface area contributed by atoms with Crippen LogP contribution in [0.15, 0.2) is 72.9 Å². The third kappa shape index (κ3) is 4.81. The summed E-state index contributed by atoms with van der Waals surface area (Å²) in [6.07, 6.45) is 5.90. The molecule has 1 aliphatic heterocycles. The van der Waals surface area contributed by atoms with Gasteiger partial charge in [-0.2, -0.15) is 0 Å². The predicted molar refractivity (Wildman–Crippen MR) is 129 cm³/mol. The molecule has 32 heavy (non-hydrogen) atoms.